The number of ether oxygens (including phenoxy) is 2. The molecule has 0 saturated carbocycles. The minimum atomic E-state index is -4.22. The summed E-state index contributed by atoms with van der Waals surface area (Å²) in [5, 5.41) is 0. The lowest BCUT2D eigenvalue weighted by atomic mass is 9.72. The van der Waals surface area contributed by atoms with E-state index in [1.807, 2.05) is 47.1 Å². The van der Waals surface area contributed by atoms with Gasteiger partial charge in [-0.15, -0.1) is 0 Å². The third-order valence-corrected chi connectivity index (χ3v) is 6.03. The Labute approximate surface area is 193 Å². The van der Waals surface area contributed by atoms with Gasteiger partial charge in [0.2, 0.25) is 0 Å². The van der Waals surface area contributed by atoms with Crippen LogP contribution in [0.3, 0.4) is 0 Å². The summed E-state index contributed by atoms with van der Waals surface area (Å²) in [5.41, 5.74) is -1.80. The molecule has 0 bridgehead atoms. The van der Waals surface area contributed by atoms with Crippen molar-refractivity contribution in [1.29, 1.82) is 0 Å². The quantitative estimate of drug-likeness (QED) is 0.153. The summed E-state index contributed by atoms with van der Waals surface area (Å²) in [5.74, 6) is -0.876. The molecule has 11 heteroatoms. The van der Waals surface area contributed by atoms with Gasteiger partial charge in [-0.1, -0.05) is 6.92 Å². The van der Waals surface area contributed by atoms with Crippen LogP contribution in [-0.2, 0) is 32.7 Å². The van der Waals surface area contributed by atoms with Crippen molar-refractivity contribution >= 4 is 19.8 Å². The van der Waals surface area contributed by atoms with E-state index in [-0.39, 0.29) is 38.8 Å². The normalized spacial score (nSPS) is 16.3. The minimum absolute atomic E-state index is 0.0602. The summed E-state index contributed by atoms with van der Waals surface area (Å²) < 4.78 is 32.9. The zero-order valence-corrected chi connectivity index (χ0v) is 22.2. The predicted octanol–water partition coefficient (Wildman–Crippen LogP) is 2.31. The Balaban J connectivity index is 4.64. The molecule has 0 saturated heterocycles. The van der Waals surface area contributed by atoms with Gasteiger partial charge < -0.3 is 23.8 Å². The average Bonchev–Trinajstić information content (AvgIpc) is 2.62. The number of phosphoric ester groups is 1. The highest BCUT2D eigenvalue weighted by atomic mass is 31.2. The third-order valence-electron chi connectivity index (χ3n) is 5.02. The molecular weight excluding hydrogens is 439 g/mol. The smallest absolute Gasteiger partial charge is 0.464 e. The maximum Gasteiger partial charge on any atom is 0.472 e. The van der Waals surface area contributed by atoms with Crippen molar-refractivity contribution in [2.45, 2.75) is 40.5 Å². The van der Waals surface area contributed by atoms with E-state index in [0.29, 0.717) is 24.0 Å². The molecule has 0 spiro atoms. The molecule has 10 nitrogen and oxygen atoms in total. The van der Waals surface area contributed by atoms with Gasteiger partial charge in [0, 0.05) is 6.54 Å². The number of esters is 2. The second kappa shape index (κ2) is 13.0. The molecule has 0 aromatic rings. The molecule has 2 atom stereocenters. The van der Waals surface area contributed by atoms with E-state index in [0.717, 1.165) is 0 Å². The first-order valence-electron chi connectivity index (χ1n) is 10.9. The molecule has 0 rings (SSSR count). The van der Waals surface area contributed by atoms with Gasteiger partial charge in [-0.3, -0.25) is 18.6 Å². The molecule has 32 heavy (non-hydrogen) atoms. The van der Waals surface area contributed by atoms with Gasteiger partial charge >= 0.3 is 19.8 Å². The predicted molar refractivity (Wildman–Crippen MR) is 122 cm³/mol. The number of quaternary nitrogens is 1. The van der Waals surface area contributed by atoms with Crippen LogP contribution in [0, 0.1) is 10.8 Å². The molecule has 0 amide bonds. The van der Waals surface area contributed by atoms with E-state index < -0.39 is 24.6 Å². The van der Waals surface area contributed by atoms with Crippen LogP contribution in [0.4, 0.5) is 0 Å². The number of hydrogen-bond acceptors (Lipinski definition) is 8. The van der Waals surface area contributed by atoms with Crippen molar-refractivity contribution in [2.75, 3.05) is 74.8 Å². The maximum absolute atomic E-state index is 12.7. The van der Waals surface area contributed by atoms with Crippen molar-refractivity contribution in [1.82, 2.24) is 4.90 Å². The van der Waals surface area contributed by atoms with Crippen LogP contribution in [0.2, 0.25) is 0 Å². The lowest BCUT2D eigenvalue weighted by molar-refractivity contribution is -0.870. The first kappa shape index (κ1) is 31.0. The second-order valence-electron chi connectivity index (χ2n) is 10.2. The molecule has 2 unspecified atom stereocenters. The number of phosphoric acid groups is 1. The summed E-state index contributed by atoms with van der Waals surface area (Å²) in [6.45, 7) is 8.06. The number of nitrogens with zero attached hydrogens (tertiary/aromatic N) is 2. The Morgan fingerprint density at radius 2 is 1.47 bits per heavy atom. The molecule has 190 valence electrons. The molecule has 1 N–H and O–H groups in total. The van der Waals surface area contributed by atoms with Crippen LogP contribution in [0.5, 0.6) is 0 Å². The molecule has 0 aromatic heterocycles. The van der Waals surface area contributed by atoms with Crippen LogP contribution in [-0.4, -0.2) is 101 Å². The van der Waals surface area contributed by atoms with Crippen LogP contribution >= 0.6 is 7.82 Å². The molecule has 0 aliphatic heterocycles. The van der Waals surface area contributed by atoms with Crippen molar-refractivity contribution in [2.24, 2.45) is 10.8 Å². The molecule has 0 aromatic carbocycles. The molecule has 0 radical (unpaired) electrons. The number of hydrogen-bond donors (Lipinski definition) is 1. The summed E-state index contributed by atoms with van der Waals surface area (Å²) in [6, 6.07) is 0. The zero-order valence-electron chi connectivity index (χ0n) is 21.3. The average molecular weight is 484 g/mol. The fourth-order valence-corrected chi connectivity index (χ4v) is 3.53. The number of carbonyl (C=O) groups is 2. The molecule has 0 aliphatic rings. The summed E-state index contributed by atoms with van der Waals surface area (Å²) in [6.07, 6.45) is 0.692. The van der Waals surface area contributed by atoms with Crippen LogP contribution in [0.25, 0.3) is 0 Å². The maximum atomic E-state index is 12.7. The van der Waals surface area contributed by atoms with Gasteiger partial charge in [0.1, 0.15) is 26.4 Å². The van der Waals surface area contributed by atoms with Gasteiger partial charge in [0.25, 0.3) is 0 Å². The van der Waals surface area contributed by atoms with E-state index in [9.17, 15) is 19.0 Å². The van der Waals surface area contributed by atoms with Gasteiger partial charge in [0.15, 0.2) is 0 Å². The van der Waals surface area contributed by atoms with E-state index in [1.165, 1.54) is 0 Å². The molecular formula is C21H44N2O8P+. The van der Waals surface area contributed by atoms with E-state index in [2.05, 4.69) is 0 Å². The van der Waals surface area contributed by atoms with Crippen LogP contribution in [0.15, 0.2) is 0 Å². The summed E-state index contributed by atoms with van der Waals surface area (Å²) >= 11 is 0. The first-order chi connectivity index (χ1) is 14.4. The zero-order chi connectivity index (χ0) is 25.2. The molecule has 0 aliphatic carbocycles. The van der Waals surface area contributed by atoms with Crippen molar-refractivity contribution in [3.8, 4) is 0 Å². The van der Waals surface area contributed by atoms with E-state index >= 15 is 0 Å². The third kappa shape index (κ3) is 12.9. The van der Waals surface area contributed by atoms with Gasteiger partial charge in [0.05, 0.1) is 38.6 Å². The number of likely N-dealkylation sites (N-methyl/N-ethyl adjacent to an activating group) is 2. The Morgan fingerprint density at radius 3 is 1.97 bits per heavy atom. The second-order valence-corrected chi connectivity index (χ2v) is 11.7. The highest BCUT2D eigenvalue weighted by Crippen LogP contribution is 2.43. The number of carbonyl (C=O) groups excluding carboxylic acids is 2. The highest BCUT2D eigenvalue weighted by molar-refractivity contribution is 7.47. The largest absolute Gasteiger partial charge is 0.472 e. The van der Waals surface area contributed by atoms with E-state index in [4.69, 9.17) is 18.5 Å². The molecule has 0 fully saturated rings. The Morgan fingerprint density at radius 1 is 0.938 bits per heavy atom. The minimum Gasteiger partial charge on any atom is -0.464 e. The van der Waals surface area contributed by atoms with Gasteiger partial charge in [-0.25, -0.2) is 4.57 Å². The van der Waals surface area contributed by atoms with Crippen molar-refractivity contribution < 1.29 is 42.1 Å². The van der Waals surface area contributed by atoms with Crippen molar-refractivity contribution in [3.63, 3.8) is 0 Å². The Bertz CT molecular complexity index is 648. The molecule has 0 heterocycles. The van der Waals surface area contributed by atoms with Crippen LogP contribution in [0.1, 0.15) is 40.5 Å². The summed E-state index contributed by atoms with van der Waals surface area (Å²) in [7, 11) is 5.36. The highest BCUT2D eigenvalue weighted by Gasteiger charge is 2.43. The fraction of sp³-hybridized carbons (Fsp3) is 0.905. The SMILES string of the molecule is CCC(C)(CC(C)(C)C(=O)OCCN(C)C)C(=O)OCCOP(=O)(O)OCC[N+](C)(C)C. The van der Waals surface area contributed by atoms with Gasteiger partial charge in [-0.2, -0.15) is 0 Å². The Hall–Kier alpha value is -1.03. The Kier molecular flexibility index (Phi) is 12.6. The monoisotopic (exact) mass is 483 g/mol. The van der Waals surface area contributed by atoms with Gasteiger partial charge in [-0.05, 0) is 47.7 Å². The first-order valence-corrected chi connectivity index (χ1v) is 12.4. The van der Waals surface area contributed by atoms with Crippen molar-refractivity contribution in [3.05, 3.63) is 0 Å². The lowest BCUT2D eigenvalue weighted by Crippen LogP contribution is -2.39. The van der Waals surface area contributed by atoms with Crippen LogP contribution < -0.4 is 0 Å². The fourth-order valence-electron chi connectivity index (χ4n) is 2.83. The standard InChI is InChI=1S/C21H43N2O8P/c1-10-21(4,17-20(2,3)18(24)28-13-11-22(5)6)19(25)29-15-16-31-32(26,27)30-14-12-23(7,8)9/h10-17H2,1-9H3/p+1. The lowest BCUT2D eigenvalue weighted by Gasteiger charge is -2.33. The summed E-state index contributed by atoms with van der Waals surface area (Å²) in [4.78, 5) is 36.8. The topological polar surface area (TPSA) is 112 Å². The van der Waals surface area contributed by atoms with E-state index in [1.54, 1.807) is 20.8 Å². The number of rotatable bonds is 16.